The third-order valence-corrected chi connectivity index (χ3v) is 7.69. The third-order valence-electron chi connectivity index (χ3n) is 4.91. The first-order chi connectivity index (χ1) is 14.4. The molecule has 1 atom stereocenters. The average Bonchev–Trinajstić information content (AvgIpc) is 3.23. The number of ether oxygens (including phenoxy) is 1. The smallest absolute Gasteiger partial charge is 0.263 e. The molecule has 4 rings (SSSR count). The Morgan fingerprint density at radius 1 is 1.10 bits per heavy atom. The molecule has 1 aromatic heterocycles. The van der Waals surface area contributed by atoms with Gasteiger partial charge in [0.2, 0.25) is 10.0 Å². The van der Waals surface area contributed by atoms with Gasteiger partial charge in [-0.3, -0.25) is 4.79 Å². The van der Waals surface area contributed by atoms with Crippen molar-refractivity contribution in [1.29, 1.82) is 0 Å². The van der Waals surface area contributed by atoms with Crippen molar-refractivity contribution in [2.24, 2.45) is 0 Å². The summed E-state index contributed by atoms with van der Waals surface area (Å²) in [4.78, 5) is 14.5. The Morgan fingerprint density at radius 2 is 1.83 bits per heavy atom. The zero-order chi connectivity index (χ0) is 21.3. The summed E-state index contributed by atoms with van der Waals surface area (Å²) in [5.74, 6) is 0.226. The van der Waals surface area contributed by atoms with Crippen molar-refractivity contribution in [2.45, 2.75) is 17.9 Å². The number of hydrogen-bond donors (Lipinski definition) is 0. The van der Waals surface area contributed by atoms with Crippen molar-refractivity contribution in [1.82, 2.24) is 18.0 Å². The molecule has 0 aliphatic carbocycles. The van der Waals surface area contributed by atoms with Crippen LogP contribution in [0.5, 0.6) is 5.75 Å². The topological polar surface area (TPSA) is 92.7 Å². The summed E-state index contributed by atoms with van der Waals surface area (Å²) in [6, 6.07) is 11.9. The van der Waals surface area contributed by atoms with Crippen molar-refractivity contribution < 1.29 is 17.9 Å². The molecule has 0 saturated carbocycles. The molecule has 1 unspecified atom stereocenters. The number of benzene rings is 2. The third kappa shape index (κ3) is 4.00. The Bertz CT molecular complexity index is 1180. The number of halogens is 1. The second-order valence-corrected chi connectivity index (χ2v) is 9.65. The monoisotopic (exact) mass is 466 g/mol. The van der Waals surface area contributed by atoms with Gasteiger partial charge >= 0.3 is 0 Å². The second kappa shape index (κ2) is 8.46. The van der Waals surface area contributed by atoms with Crippen LogP contribution in [0.1, 0.15) is 6.92 Å². The molecule has 11 heteroatoms. The van der Waals surface area contributed by atoms with E-state index in [1.165, 1.54) is 10.4 Å². The highest BCUT2D eigenvalue weighted by molar-refractivity contribution is 7.89. The van der Waals surface area contributed by atoms with Crippen LogP contribution in [0, 0.1) is 0 Å². The molecule has 0 N–H and O–H groups in total. The number of piperazine rings is 1. The van der Waals surface area contributed by atoms with Crippen molar-refractivity contribution >= 4 is 50.3 Å². The van der Waals surface area contributed by atoms with Gasteiger partial charge in [-0.25, -0.2) is 8.42 Å². The van der Waals surface area contributed by atoms with E-state index in [1.807, 2.05) is 0 Å². The van der Waals surface area contributed by atoms with Gasteiger partial charge < -0.3 is 9.64 Å². The van der Waals surface area contributed by atoms with Crippen LogP contribution in [0.25, 0.3) is 11.0 Å². The van der Waals surface area contributed by atoms with Crippen LogP contribution in [0.15, 0.2) is 47.4 Å². The summed E-state index contributed by atoms with van der Waals surface area (Å²) < 4.78 is 41.5. The van der Waals surface area contributed by atoms with Gasteiger partial charge in [-0.15, -0.1) is 0 Å². The lowest BCUT2D eigenvalue weighted by Crippen LogP contribution is -2.53. The lowest BCUT2D eigenvalue weighted by Gasteiger charge is -2.35. The highest BCUT2D eigenvalue weighted by atomic mass is 35.5. The van der Waals surface area contributed by atoms with Crippen LogP contribution in [0.3, 0.4) is 0 Å². The molecule has 8 nitrogen and oxygen atoms in total. The van der Waals surface area contributed by atoms with Gasteiger partial charge in [-0.05, 0) is 31.2 Å². The number of aromatic nitrogens is 2. The minimum absolute atomic E-state index is 0.143. The minimum Gasteiger partial charge on any atom is -0.479 e. The van der Waals surface area contributed by atoms with Crippen LogP contribution < -0.4 is 4.74 Å². The fourth-order valence-electron chi connectivity index (χ4n) is 3.32. The Morgan fingerprint density at radius 3 is 2.57 bits per heavy atom. The summed E-state index contributed by atoms with van der Waals surface area (Å²) in [7, 11) is -3.73. The van der Waals surface area contributed by atoms with E-state index in [9.17, 15) is 13.2 Å². The molecule has 0 spiro atoms. The number of carbonyl (C=O) groups is 1. The van der Waals surface area contributed by atoms with Gasteiger partial charge in [0, 0.05) is 26.2 Å². The molecule has 0 bridgehead atoms. The normalized spacial score (nSPS) is 16.5. The predicted molar refractivity (Wildman–Crippen MR) is 114 cm³/mol. The van der Waals surface area contributed by atoms with Crippen LogP contribution in [-0.2, 0) is 14.8 Å². The molecule has 2 heterocycles. The van der Waals surface area contributed by atoms with Crippen LogP contribution in [-0.4, -0.2) is 64.6 Å². The molecule has 1 fully saturated rings. The largest absolute Gasteiger partial charge is 0.479 e. The first-order valence-electron chi connectivity index (χ1n) is 9.29. The Labute approximate surface area is 183 Å². The maximum absolute atomic E-state index is 13.1. The van der Waals surface area contributed by atoms with Crippen molar-refractivity contribution in [3.05, 3.63) is 47.5 Å². The van der Waals surface area contributed by atoms with E-state index in [0.29, 0.717) is 21.8 Å². The van der Waals surface area contributed by atoms with Crippen LogP contribution in [0.2, 0.25) is 5.02 Å². The number of nitrogens with zero attached hydrogens (tertiary/aromatic N) is 4. The van der Waals surface area contributed by atoms with Crippen molar-refractivity contribution in [3.63, 3.8) is 0 Å². The van der Waals surface area contributed by atoms with Crippen LogP contribution in [0.4, 0.5) is 0 Å². The number of hydrogen-bond acceptors (Lipinski definition) is 7. The van der Waals surface area contributed by atoms with E-state index in [1.54, 1.807) is 48.2 Å². The standard InChI is InChI=1S/C19H19ClN4O4S2/c1-13(28-16-7-3-2-5-14(16)20)19(25)23-9-11-24(12-10-23)30(26,27)17-8-4-6-15-18(17)22-29-21-15/h2-8,13H,9-12H2,1H3. The molecule has 0 radical (unpaired) electrons. The van der Waals surface area contributed by atoms with E-state index in [-0.39, 0.29) is 37.0 Å². The van der Waals surface area contributed by atoms with Crippen LogP contribution >= 0.6 is 23.3 Å². The van der Waals surface area contributed by atoms with Gasteiger partial charge in [0.05, 0.1) is 16.8 Å². The molecule has 1 saturated heterocycles. The molecule has 1 aliphatic heterocycles. The summed E-state index contributed by atoms with van der Waals surface area (Å²) in [6.45, 7) is 2.60. The second-order valence-electron chi connectivity index (χ2n) is 6.81. The quantitative estimate of drug-likeness (QED) is 0.574. The number of sulfonamides is 1. The number of para-hydroxylation sites is 1. The lowest BCUT2D eigenvalue weighted by molar-refractivity contribution is -0.139. The fraction of sp³-hybridized carbons (Fsp3) is 0.316. The summed E-state index contributed by atoms with van der Waals surface area (Å²) in [6.07, 6.45) is -0.733. The minimum atomic E-state index is -3.73. The maximum Gasteiger partial charge on any atom is 0.263 e. The molecule has 30 heavy (non-hydrogen) atoms. The van der Waals surface area contributed by atoms with E-state index in [0.717, 1.165) is 11.7 Å². The SMILES string of the molecule is CC(Oc1ccccc1Cl)C(=O)N1CCN(S(=O)(=O)c2cccc3nsnc23)CC1. The molecule has 1 aliphatic rings. The number of amides is 1. The van der Waals surface area contributed by atoms with E-state index in [2.05, 4.69) is 8.75 Å². The van der Waals surface area contributed by atoms with Gasteiger partial charge in [-0.2, -0.15) is 13.1 Å². The average molecular weight is 467 g/mol. The number of rotatable bonds is 5. The summed E-state index contributed by atoms with van der Waals surface area (Å²) >= 11 is 7.07. The highest BCUT2D eigenvalue weighted by Crippen LogP contribution is 2.26. The Hall–Kier alpha value is -2.27. The lowest BCUT2D eigenvalue weighted by atomic mass is 10.2. The first kappa shape index (κ1) is 21.0. The van der Waals surface area contributed by atoms with E-state index >= 15 is 0 Å². The van der Waals surface area contributed by atoms with Gasteiger partial charge in [0.15, 0.2) is 6.10 Å². The van der Waals surface area contributed by atoms with Gasteiger partial charge in [0.1, 0.15) is 21.7 Å². The predicted octanol–water partition coefficient (Wildman–Crippen LogP) is 2.65. The fourth-order valence-corrected chi connectivity index (χ4v) is 5.67. The zero-order valence-electron chi connectivity index (χ0n) is 16.1. The first-order valence-corrected chi connectivity index (χ1v) is 11.8. The molecule has 158 valence electrons. The molecular weight excluding hydrogens is 448 g/mol. The van der Waals surface area contributed by atoms with Crippen molar-refractivity contribution in [3.8, 4) is 5.75 Å². The summed E-state index contributed by atoms with van der Waals surface area (Å²) in [5.41, 5.74) is 0.934. The van der Waals surface area contributed by atoms with Gasteiger partial charge in [-0.1, -0.05) is 29.8 Å². The Kier molecular flexibility index (Phi) is 5.92. The highest BCUT2D eigenvalue weighted by Gasteiger charge is 2.33. The number of fused-ring (bicyclic) bond motifs is 1. The molecular formula is C19H19ClN4O4S2. The maximum atomic E-state index is 13.1. The zero-order valence-corrected chi connectivity index (χ0v) is 18.5. The molecule has 2 aromatic carbocycles. The van der Waals surface area contributed by atoms with Gasteiger partial charge in [0.25, 0.3) is 5.91 Å². The van der Waals surface area contributed by atoms with Crippen molar-refractivity contribution in [2.75, 3.05) is 26.2 Å². The van der Waals surface area contributed by atoms with E-state index < -0.39 is 16.1 Å². The molecule has 3 aromatic rings. The Balaban J connectivity index is 1.42. The van der Waals surface area contributed by atoms with E-state index in [4.69, 9.17) is 16.3 Å². The molecule has 1 amide bonds. The summed E-state index contributed by atoms with van der Waals surface area (Å²) in [5, 5.41) is 0.429. The number of carbonyl (C=O) groups excluding carboxylic acids is 1.